The van der Waals surface area contributed by atoms with Crippen LogP contribution in [0.2, 0.25) is 0 Å². The first-order valence-electron chi connectivity index (χ1n) is 6.29. The van der Waals surface area contributed by atoms with Crippen LogP contribution in [0.3, 0.4) is 0 Å². The first kappa shape index (κ1) is 10.6. The van der Waals surface area contributed by atoms with Gasteiger partial charge in [0.2, 0.25) is 0 Å². The molecule has 1 fully saturated rings. The van der Waals surface area contributed by atoms with Gasteiger partial charge >= 0.3 is 0 Å². The van der Waals surface area contributed by atoms with Gasteiger partial charge in [-0.05, 0) is 41.4 Å². The van der Waals surface area contributed by atoms with E-state index in [9.17, 15) is 0 Å². The van der Waals surface area contributed by atoms with E-state index in [2.05, 4.69) is 44.2 Å². The average molecular weight is 223 g/mol. The van der Waals surface area contributed by atoms with Crippen molar-refractivity contribution in [3.8, 4) is 6.07 Å². The monoisotopic (exact) mass is 223 g/mol. The maximum atomic E-state index is 8.93. The molecule has 2 aliphatic carbocycles. The fourth-order valence-electron chi connectivity index (χ4n) is 3.56. The molecule has 0 heterocycles. The van der Waals surface area contributed by atoms with Gasteiger partial charge in [0.1, 0.15) is 0 Å². The maximum absolute atomic E-state index is 8.93. The largest absolute Gasteiger partial charge is 0.193 e. The molecular weight excluding hydrogens is 206 g/mol. The molecule has 3 rings (SSSR count). The summed E-state index contributed by atoms with van der Waals surface area (Å²) in [4.78, 5) is 0. The van der Waals surface area contributed by atoms with Crippen LogP contribution in [0.4, 0.5) is 0 Å². The molecule has 0 atom stereocenters. The lowest BCUT2D eigenvalue weighted by Gasteiger charge is -2.42. The van der Waals surface area contributed by atoms with Crippen LogP contribution < -0.4 is 0 Å². The first-order valence-corrected chi connectivity index (χ1v) is 6.29. The van der Waals surface area contributed by atoms with Gasteiger partial charge in [0.15, 0.2) is 0 Å². The maximum Gasteiger partial charge on any atom is 0.0915 e. The molecule has 1 aromatic rings. The summed E-state index contributed by atoms with van der Waals surface area (Å²) in [6, 6.07) is 10.8. The van der Waals surface area contributed by atoms with Gasteiger partial charge in [0, 0.05) is 11.5 Å². The van der Waals surface area contributed by atoms with Crippen molar-refractivity contribution in [2.75, 3.05) is 0 Å². The summed E-state index contributed by atoms with van der Waals surface area (Å²) in [5.41, 5.74) is 4.66. The Morgan fingerprint density at radius 3 is 2.59 bits per heavy atom. The van der Waals surface area contributed by atoms with Crippen LogP contribution >= 0.6 is 0 Å². The second-order valence-electron chi connectivity index (χ2n) is 5.99. The van der Waals surface area contributed by atoms with Crippen LogP contribution in [-0.2, 0) is 5.41 Å². The summed E-state index contributed by atoms with van der Waals surface area (Å²) < 4.78 is 0. The van der Waals surface area contributed by atoms with Crippen molar-refractivity contribution in [2.45, 2.75) is 38.5 Å². The molecule has 1 spiro atoms. The quantitative estimate of drug-likeness (QED) is 0.608. The van der Waals surface area contributed by atoms with Crippen LogP contribution in [-0.4, -0.2) is 0 Å². The molecule has 17 heavy (non-hydrogen) atoms. The molecule has 1 nitrogen and oxygen atoms in total. The Hall–Kier alpha value is -1.55. The van der Waals surface area contributed by atoms with E-state index in [0.29, 0.717) is 5.41 Å². The molecule has 0 amide bonds. The summed E-state index contributed by atoms with van der Waals surface area (Å²) in [6.07, 6.45) is 5.36. The Kier molecular flexibility index (Phi) is 2.01. The van der Waals surface area contributed by atoms with Crippen LogP contribution in [0.25, 0.3) is 5.57 Å². The van der Waals surface area contributed by atoms with Gasteiger partial charge in [-0.25, -0.2) is 0 Å². The van der Waals surface area contributed by atoms with E-state index in [1.807, 2.05) is 0 Å². The lowest BCUT2D eigenvalue weighted by atomic mass is 9.62. The number of allylic oxidation sites excluding steroid dienone is 2. The number of hydrogen-bond acceptors (Lipinski definition) is 1. The number of nitriles is 1. The van der Waals surface area contributed by atoms with Crippen molar-refractivity contribution in [3.05, 3.63) is 41.5 Å². The van der Waals surface area contributed by atoms with E-state index in [-0.39, 0.29) is 5.41 Å². The van der Waals surface area contributed by atoms with Gasteiger partial charge in [-0.15, -0.1) is 0 Å². The highest BCUT2D eigenvalue weighted by Gasteiger charge is 2.58. The van der Waals surface area contributed by atoms with E-state index in [0.717, 1.165) is 6.42 Å². The predicted octanol–water partition coefficient (Wildman–Crippen LogP) is 4.06. The number of hydrogen-bond donors (Lipinski definition) is 0. The van der Waals surface area contributed by atoms with E-state index < -0.39 is 0 Å². The lowest BCUT2D eigenvalue weighted by molar-refractivity contribution is 0.262. The zero-order chi connectivity index (χ0) is 12.1. The molecule has 0 bridgehead atoms. The van der Waals surface area contributed by atoms with Gasteiger partial charge in [-0.1, -0.05) is 38.1 Å². The van der Waals surface area contributed by atoms with Gasteiger partial charge in [0.25, 0.3) is 0 Å². The van der Waals surface area contributed by atoms with Crippen molar-refractivity contribution in [2.24, 2.45) is 5.41 Å². The molecule has 1 saturated carbocycles. The SMILES string of the molecule is CC1(C)C/C(=C/C#N)c2ccccc2C12CC2. The molecule has 0 N–H and O–H groups in total. The lowest BCUT2D eigenvalue weighted by Crippen LogP contribution is -2.34. The van der Waals surface area contributed by atoms with E-state index in [1.165, 1.54) is 29.5 Å². The number of benzene rings is 1. The third kappa shape index (κ3) is 1.30. The second-order valence-corrected chi connectivity index (χ2v) is 5.99. The van der Waals surface area contributed by atoms with Gasteiger partial charge in [0.05, 0.1) is 6.07 Å². The molecular formula is C16H17N. The van der Waals surface area contributed by atoms with Crippen molar-refractivity contribution in [1.29, 1.82) is 5.26 Å². The predicted molar refractivity (Wildman–Crippen MR) is 69.3 cm³/mol. The standard InChI is InChI=1S/C16H17N/c1-15(2)11-12(7-10-17)13-5-3-4-6-14(13)16(15)8-9-16/h3-7H,8-9,11H2,1-2H3/b12-7-. The fraction of sp³-hybridized carbons (Fsp3) is 0.438. The Morgan fingerprint density at radius 1 is 1.24 bits per heavy atom. The van der Waals surface area contributed by atoms with Gasteiger partial charge in [-0.2, -0.15) is 5.26 Å². The Labute approximate surface area is 103 Å². The van der Waals surface area contributed by atoms with Crippen molar-refractivity contribution >= 4 is 5.57 Å². The highest BCUT2D eigenvalue weighted by atomic mass is 14.6. The van der Waals surface area contributed by atoms with Gasteiger partial charge in [-0.3, -0.25) is 0 Å². The zero-order valence-corrected chi connectivity index (χ0v) is 10.5. The normalized spacial score (nSPS) is 25.4. The van der Waals surface area contributed by atoms with Crippen LogP contribution in [0.1, 0.15) is 44.2 Å². The number of fused-ring (bicyclic) bond motifs is 2. The Morgan fingerprint density at radius 2 is 1.94 bits per heavy atom. The summed E-state index contributed by atoms with van der Waals surface area (Å²) in [5.74, 6) is 0. The first-order chi connectivity index (χ1) is 8.11. The number of nitrogens with zero attached hydrogens (tertiary/aromatic N) is 1. The molecule has 1 heteroatoms. The van der Waals surface area contributed by atoms with Crippen molar-refractivity contribution in [3.63, 3.8) is 0 Å². The van der Waals surface area contributed by atoms with Crippen molar-refractivity contribution in [1.82, 2.24) is 0 Å². The molecule has 0 saturated heterocycles. The van der Waals surface area contributed by atoms with Gasteiger partial charge < -0.3 is 0 Å². The van der Waals surface area contributed by atoms with Crippen molar-refractivity contribution < 1.29 is 0 Å². The molecule has 86 valence electrons. The molecule has 1 aromatic carbocycles. The highest BCUT2D eigenvalue weighted by molar-refractivity contribution is 5.75. The summed E-state index contributed by atoms with van der Waals surface area (Å²) in [6.45, 7) is 4.70. The summed E-state index contributed by atoms with van der Waals surface area (Å²) in [7, 11) is 0. The fourth-order valence-corrected chi connectivity index (χ4v) is 3.56. The second kappa shape index (κ2) is 3.23. The minimum atomic E-state index is 0.282. The van der Waals surface area contributed by atoms with Crippen LogP contribution in [0, 0.1) is 16.7 Å². The minimum Gasteiger partial charge on any atom is -0.193 e. The van der Waals surface area contributed by atoms with E-state index >= 15 is 0 Å². The van der Waals surface area contributed by atoms with Crippen LogP contribution in [0.15, 0.2) is 30.3 Å². The van der Waals surface area contributed by atoms with Crippen LogP contribution in [0.5, 0.6) is 0 Å². The molecule has 0 aliphatic heterocycles. The molecule has 2 aliphatic rings. The summed E-state index contributed by atoms with van der Waals surface area (Å²) >= 11 is 0. The Balaban J connectivity index is 2.24. The Bertz CT molecular complexity index is 539. The molecule has 0 radical (unpaired) electrons. The zero-order valence-electron chi connectivity index (χ0n) is 10.5. The minimum absolute atomic E-state index is 0.282. The smallest absolute Gasteiger partial charge is 0.0915 e. The number of rotatable bonds is 0. The third-order valence-corrected chi connectivity index (χ3v) is 4.71. The molecule has 0 aromatic heterocycles. The van der Waals surface area contributed by atoms with E-state index in [1.54, 1.807) is 6.08 Å². The molecule has 0 unspecified atom stereocenters. The van der Waals surface area contributed by atoms with E-state index in [4.69, 9.17) is 5.26 Å². The average Bonchev–Trinajstić information content (AvgIpc) is 3.08. The highest BCUT2D eigenvalue weighted by Crippen LogP contribution is 2.66. The topological polar surface area (TPSA) is 23.8 Å². The summed E-state index contributed by atoms with van der Waals surface area (Å²) in [5, 5.41) is 8.93. The third-order valence-electron chi connectivity index (χ3n) is 4.71.